The number of nitrogens with one attached hydrogen (secondary N) is 1. The first-order valence-corrected chi connectivity index (χ1v) is 9.01. The number of aliphatic hydroxyl groups is 1. The molecule has 22 heavy (non-hydrogen) atoms. The molecular weight excluding hydrogens is 296 g/mol. The molecule has 0 bridgehead atoms. The molecule has 0 saturated carbocycles. The van der Waals surface area contributed by atoms with Crippen LogP contribution in [-0.4, -0.2) is 41.5 Å². The van der Waals surface area contributed by atoms with Crippen molar-refractivity contribution in [2.45, 2.75) is 37.6 Å². The summed E-state index contributed by atoms with van der Waals surface area (Å²) in [6, 6.07) is 8.33. The predicted octanol–water partition coefficient (Wildman–Crippen LogP) is 3.27. The molecule has 4 nitrogen and oxygen atoms in total. The summed E-state index contributed by atoms with van der Waals surface area (Å²) in [5.41, 5.74) is 1.12. The van der Waals surface area contributed by atoms with Gasteiger partial charge in [0.25, 0.3) is 0 Å². The molecule has 2 amide bonds. The van der Waals surface area contributed by atoms with Crippen LogP contribution in [0.2, 0.25) is 0 Å². The molecular formula is C17H26N2O2S. The van der Waals surface area contributed by atoms with Gasteiger partial charge < -0.3 is 15.3 Å². The van der Waals surface area contributed by atoms with Crippen molar-refractivity contribution < 1.29 is 9.90 Å². The Morgan fingerprint density at radius 1 is 1.45 bits per heavy atom. The Morgan fingerprint density at radius 2 is 2.18 bits per heavy atom. The molecule has 122 valence electrons. The molecule has 2 N–H and O–H groups in total. The maximum atomic E-state index is 12.3. The molecule has 0 radical (unpaired) electrons. The Labute approximate surface area is 137 Å². The summed E-state index contributed by atoms with van der Waals surface area (Å²) in [6.07, 6.45) is 1.97. The molecule has 0 spiro atoms. The number of piperidine rings is 1. The minimum Gasteiger partial charge on any atom is -0.396 e. The van der Waals surface area contributed by atoms with Gasteiger partial charge in [0.15, 0.2) is 0 Å². The van der Waals surface area contributed by atoms with E-state index in [9.17, 15) is 9.90 Å². The van der Waals surface area contributed by atoms with Gasteiger partial charge in [0.2, 0.25) is 0 Å². The van der Waals surface area contributed by atoms with Crippen LogP contribution >= 0.6 is 11.8 Å². The molecule has 1 fully saturated rings. The lowest BCUT2D eigenvalue weighted by molar-refractivity contribution is 0.128. The lowest BCUT2D eigenvalue weighted by Crippen LogP contribution is -2.46. The lowest BCUT2D eigenvalue weighted by atomic mass is 9.99. The van der Waals surface area contributed by atoms with Crippen LogP contribution in [0.3, 0.4) is 0 Å². The Kier molecular flexibility index (Phi) is 6.58. The molecule has 0 unspecified atom stereocenters. The Balaban J connectivity index is 1.90. The van der Waals surface area contributed by atoms with Gasteiger partial charge in [-0.05, 0) is 49.1 Å². The van der Waals surface area contributed by atoms with Gasteiger partial charge in [0.05, 0.1) is 6.04 Å². The van der Waals surface area contributed by atoms with E-state index in [0.29, 0.717) is 6.54 Å². The third kappa shape index (κ3) is 4.65. The fourth-order valence-electron chi connectivity index (χ4n) is 2.78. The van der Waals surface area contributed by atoms with Crippen molar-refractivity contribution in [2.24, 2.45) is 5.92 Å². The quantitative estimate of drug-likeness (QED) is 0.818. The van der Waals surface area contributed by atoms with E-state index in [2.05, 4.69) is 36.5 Å². The van der Waals surface area contributed by atoms with E-state index in [1.807, 2.05) is 23.6 Å². The zero-order chi connectivity index (χ0) is 15.9. The average Bonchev–Trinajstić information content (AvgIpc) is 2.55. The first-order chi connectivity index (χ1) is 10.6. The predicted molar refractivity (Wildman–Crippen MR) is 91.2 cm³/mol. The van der Waals surface area contributed by atoms with Gasteiger partial charge >= 0.3 is 6.03 Å². The molecule has 1 aliphatic rings. The number of aliphatic hydroxyl groups excluding tert-OH is 1. The number of benzene rings is 1. The van der Waals surface area contributed by atoms with Crippen molar-refractivity contribution in [3.8, 4) is 0 Å². The lowest BCUT2D eigenvalue weighted by Gasteiger charge is -2.32. The van der Waals surface area contributed by atoms with Crippen LogP contribution in [0.25, 0.3) is 0 Å². The fraction of sp³-hybridized carbons (Fsp3) is 0.588. The SMILES string of the molecule is CCSc1ccc([C@H](C)NC(=O)N2CCC[C@H](CO)C2)cc1. The summed E-state index contributed by atoms with van der Waals surface area (Å²) in [4.78, 5) is 15.4. The molecule has 0 aromatic heterocycles. The molecule has 1 aliphatic heterocycles. The van der Waals surface area contributed by atoms with Crippen LogP contribution in [0.15, 0.2) is 29.2 Å². The number of likely N-dealkylation sites (tertiary alicyclic amines) is 1. The number of rotatable bonds is 5. The minimum atomic E-state index is -0.0299. The summed E-state index contributed by atoms with van der Waals surface area (Å²) in [5.74, 6) is 1.28. The zero-order valence-corrected chi connectivity index (χ0v) is 14.2. The monoisotopic (exact) mass is 322 g/mol. The molecule has 1 heterocycles. The maximum Gasteiger partial charge on any atom is 0.317 e. The number of urea groups is 1. The third-order valence-electron chi connectivity index (χ3n) is 4.10. The highest BCUT2D eigenvalue weighted by Crippen LogP contribution is 2.21. The second kappa shape index (κ2) is 8.44. The van der Waals surface area contributed by atoms with Crippen LogP contribution < -0.4 is 5.32 Å². The van der Waals surface area contributed by atoms with E-state index >= 15 is 0 Å². The summed E-state index contributed by atoms with van der Waals surface area (Å²) in [7, 11) is 0. The molecule has 1 aromatic carbocycles. The molecule has 1 aromatic rings. The van der Waals surface area contributed by atoms with Crippen LogP contribution in [0.1, 0.15) is 38.3 Å². The zero-order valence-electron chi connectivity index (χ0n) is 13.4. The van der Waals surface area contributed by atoms with Crippen molar-refractivity contribution in [3.63, 3.8) is 0 Å². The Morgan fingerprint density at radius 3 is 2.82 bits per heavy atom. The van der Waals surface area contributed by atoms with Gasteiger partial charge in [-0.3, -0.25) is 0 Å². The summed E-state index contributed by atoms with van der Waals surface area (Å²) in [6.45, 7) is 5.74. The molecule has 2 rings (SSSR count). The van der Waals surface area contributed by atoms with E-state index < -0.39 is 0 Å². The van der Waals surface area contributed by atoms with E-state index in [4.69, 9.17) is 0 Å². The molecule has 1 saturated heterocycles. The van der Waals surface area contributed by atoms with Crippen LogP contribution in [-0.2, 0) is 0 Å². The first kappa shape index (κ1) is 17.2. The van der Waals surface area contributed by atoms with E-state index in [1.54, 1.807) is 0 Å². The molecule has 5 heteroatoms. The minimum absolute atomic E-state index is 0.0114. The van der Waals surface area contributed by atoms with E-state index in [-0.39, 0.29) is 24.6 Å². The molecule has 2 atom stereocenters. The van der Waals surface area contributed by atoms with Gasteiger partial charge in [-0.15, -0.1) is 11.8 Å². The van der Waals surface area contributed by atoms with Crippen molar-refractivity contribution in [1.82, 2.24) is 10.2 Å². The average molecular weight is 322 g/mol. The van der Waals surface area contributed by atoms with Crippen LogP contribution in [0.5, 0.6) is 0 Å². The first-order valence-electron chi connectivity index (χ1n) is 8.03. The number of nitrogens with zero attached hydrogens (tertiary/aromatic N) is 1. The Bertz CT molecular complexity index is 478. The van der Waals surface area contributed by atoms with Gasteiger partial charge in [0.1, 0.15) is 0 Å². The number of hydrogen-bond acceptors (Lipinski definition) is 3. The number of carbonyl (C=O) groups excluding carboxylic acids is 1. The second-order valence-corrected chi connectivity index (χ2v) is 7.15. The fourth-order valence-corrected chi connectivity index (χ4v) is 3.44. The topological polar surface area (TPSA) is 52.6 Å². The van der Waals surface area contributed by atoms with Gasteiger partial charge in [-0.2, -0.15) is 0 Å². The largest absolute Gasteiger partial charge is 0.396 e. The van der Waals surface area contributed by atoms with Crippen molar-refractivity contribution in [2.75, 3.05) is 25.4 Å². The number of amides is 2. The van der Waals surface area contributed by atoms with Crippen molar-refractivity contribution in [3.05, 3.63) is 29.8 Å². The van der Waals surface area contributed by atoms with Crippen molar-refractivity contribution >= 4 is 17.8 Å². The third-order valence-corrected chi connectivity index (χ3v) is 4.99. The Hall–Kier alpha value is -1.20. The van der Waals surface area contributed by atoms with Crippen LogP contribution in [0, 0.1) is 5.92 Å². The highest BCUT2D eigenvalue weighted by Gasteiger charge is 2.24. The number of thioether (sulfide) groups is 1. The highest BCUT2D eigenvalue weighted by molar-refractivity contribution is 7.99. The van der Waals surface area contributed by atoms with Gasteiger partial charge in [-0.25, -0.2) is 4.79 Å². The highest BCUT2D eigenvalue weighted by atomic mass is 32.2. The number of carbonyl (C=O) groups is 1. The standard InChI is InChI=1S/C17H26N2O2S/c1-3-22-16-8-6-15(7-9-16)13(2)18-17(21)19-10-4-5-14(11-19)12-20/h6-9,13-14,20H,3-5,10-12H2,1-2H3,(H,18,21)/t13-,14-/m0/s1. The normalized spacial score (nSPS) is 19.8. The summed E-state index contributed by atoms with van der Waals surface area (Å²) < 4.78 is 0. The van der Waals surface area contributed by atoms with E-state index in [0.717, 1.165) is 30.7 Å². The molecule has 0 aliphatic carbocycles. The summed E-state index contributed by atoms with van der Waals surface area (Å²) in [5, 5.41) is 12.3. The van der Waals surface area contributed by atoms with Crippen molar-refractivity contribution in [1.29, 1.82) is 0 Å². The smallest absolute Gasteiger partial charge is 0.317 e. The number of hydrogen-bond donors (Lipinski definition) is 2. The second-order valence-electron chi connectivity index (χ2n) is 5.81. The maximum absolute atomic E-state index is 12.3. The van der Waals surface area contributed by atoms with Gasteiger partial charge in [0, 0.05) is 24.6 Å². The van der Waals surface area contributed by atoms with Crippen LogP contribution in [0.4, 0.5) is 4.79 Å². The van der Waals surface area contributed by atoms with Gasteiger partial charge in [-0.1, -0.05) is 19.1 Å². The van der Waals surface area contributed by atoms with E-state index in [1.165, 1.54) is 4.90 Å². The summed E-state index contributed by atoms with van der Waals surface area (Å²) >= 11 is 1.82.